The van der Waals surface area contributed by atoms with Crippen LogP contribution < -0.4 is 14.4 Å². The van der Waals surface area contributed by atoms with Gasteiger partial charge in [0.2, 0.25) is 0 Å². The van der Waals surface area contributed by atoms with Gasteiger partial charge in [0.25, 0.3) is 0 Å². The van der Waals surface area contributed by atoms with Crippen molar-refractivity contribution in [3.8, 4) is 11.5 Å². The second-order valence-electron chi connectivity index (χ2n) is 7.01. The van der Waals surface area contributed by atoms with Crippen LogP contribution in [0, 0.1) is 5.92 Å². The van der Waals surface area contributed by atoms with Gasteiger partial charge in [-0.05, 0) is 62.4 Å². The summed E-state index contributed by atoms with van der Waals surface area (Å²) in [7, 11) is 3.18. The van der Waals surface area contributed by atoms with Crippen molar-refractivity contribution in [3.05, 3.63) is 41.0 Å². The Morgan fingerprint density at radius 1 is 1.14 bits per heavy atom. The van der Waals surface area contributed by atoms with Crippen molar-refractivity contribution in [2.45, 2.75) is 26.2 Å². The normalized spacial score (nSPS) is 15.3. The molecule has 29 heavy (non-hydrogen) atoms. The van der Waals surface area contributed by atoms with E-state index in [0.29, 0.717) is 23.4 Å². The summed E-state index contributed by atoms with van der Waals surface area (Å²) in [5.74, 6) is 2.97. The summed E-state index contributed by atoms with van der Waals surface area (Å²) in [5, 5.41) is 12.5. The van der Waals surface area contributed by atoms with Crippen molar-refractivity contribution in [3.63, 3.8) is 0 Å². The third-order valence-electron chi connectivity index (χ3n) is 5.15. The lowest BCUT2D eigenvalue weighted by molar-refractivity contribution is 0.213. The molecule has 0 aliphatic carbocycles. The van der Waals surface area contributed by atoms with Crippen LogP contribution >= 0.6 is 11.6 Å². The minimum Gasteiger partial charge on any atom is -0.493 e. The van der Waals surface area contributed by atoms with Crippen molar-refractivity contribution < 1.29 is 14.3 Å². The van der Waals surface area contributed by atoms with Crippen molar-refractivity contribution >= 4 is 23.1 Å². The van der Waals surface area contributed by atoms with E-state index in [1.807, 2.05) is 31.2 Å². The molecule has 1 aliphatic rings. The number of aromatic nitrogens is 2. The van der Waals surface area contributed by atoms with E-state index in [0.717, 1.165) is 55.2 Å². The third kappa shape index (κ3) is 5.73. The number of methoxy groups -OCH3 is 1. The Labute approximate surface area is 176 Å². The predicted octanol–water partition coefficient (Wildman–Crippen LogP) is 4.19. The first-order valence-corrected chi connectivity index (χ1v) is 10.1. The number of rotatable bonds is 8. The van der Waals surface area contributed by atoms with Crippen LogP contribution in [0.3, 0.4) is 0 Å². The number of hydrogen-bond acceptors (Lipinski definition) is 7. The lowest BCUT2D eigenvalue weighted by atomic mass is 9.94. The zero-order valence-electron chi connectivity index (χ0n) is 17.1. The number of benzene rings is 1. The summed E-state index contributed by atoms with van der Waals surface area (Å²) in [6.45, 7) is 4.49. The van der Waals surface area contributed by atoms with E-state index in [-0.39, 0.29) is 0 Å². The zero-order chi connectivity index (χ0) is 20.6. The summed E-state index contributed by atoms with van der Waals surface area (Å²) >= 11 is 5.81. The summed E-state index contributed by atoms with van der Waals surface area (Å²) in [6.07, 6.45) is 3.22. The van der Waals surface area contributed by atoms with Crippen molar-refractivity contribution in [2.24, 2.45) is 11.1 Å². The number of ether oxygens (including phenoxy) is 2. The topological polar surface area (TPSA) is 69.1 Å². The molecule has 156 valence electrons. The minimum atomic E-state index is 0.422. The van der Waals surface area contributed by atoms with Crippen LogP contribution in [0.25, 0.3) is 0 Å². The Kier molecular flexibility index (Phi) is 7.52. The fourth-order valence-electron chi connectivity index (χ4n) is 3.47. The van der Waals surface area contributed by atoms with Gasteiger partial charge < -0.3 is 19.2 Å². The second kappa shape index (κ2) is 10.3. The van der Waals surface area contributed by atoms with Crippen LogP contribution in [-0.2, 0) is 4.84 Å². The highest BCUT2D eigenvalue weighted by Gasteiger charge is 2.20. The van der Waals surface area contributed by atoms with Gasteiger partial charge in [-0.3, -0.25) is 0 Å². The standard InChI is InChI=1S/C21H27ClN4O3/c1-15(25-28-3)17-4-5-18(19(14-17)27-2)29-13-10-16-8-11-26(12-9-16)21-7-6-20(22)23-24-21/h4-7,14,16H,8-13H2,1-3H3/b25-15-. The van der Waals surface area contributed by atoms with Crippen LogP contribution in [0.5, 0.6) is 11.5 Å². The van der Waals surface area contributed by atoms with Crippen LogP contribution in [0.15, 0.2) is 35.5 Å². The van der Waals surface area contributed by atoms with Crippen molar-refractivity contribution in [1.82, 2.24) is 10.2 Å². The summed E-state index contributed by atoms with van der Waals surface area (Å²) in [4.78, 5) is 7.09. The van der Waals surface area contributed by atoms with E-state index in [2.05, 4.69) is 20.3 Å². The van der Waals surface area contributed by atoms with Crippen LogP contribution in [0.1, 0.15) is 31.7 Å². The molecule has 3 rings (SSSR count). The first-order chi connectivity index (χ1) is 14.1. The Bertz CT molecular complexity index is 821. The van der Waals surface area contributed by atoms with Gasteiger partial charge in [0.1, 0.15) is 7.11 Å². The maximum absolute atomic E-state index is 6.00. The van der Waals surface area contributed by atoms with Gasteiger partial charge in [-0.2, -0.15) is 0 Å². The minimum absolute atomic E-state index is 0.422. The molecule has 0 saturated carbocycles. The number of hydrogen-bond donors (Lipinski definition) is 0. The van der Waals surface area contributed by atoms with Gasteiger partial charge in [-0.1, -0.05) is 16.8 Å². The fourth-order valence-corrected chi connectivity index (χ4v) is 3.57. The summed E-state index contributed by atoms with van der Waals surface area (Å²) < 4.78 is 11.5. The Morgan fingerprint density at radius 2 is 1.93 bits per heavy atom. The molecule has 0 radical (unpaired) electrons. The van der Waals surface area contributed by atoms with E-state index in [1.54, 1.807) is 13.2 Å². The average Bonchev–Trinajstić information content (AvgIpc) is 2.75. The number of halogens is 1. The van der Waals surface area contributed by atoms with Gasteiger partial charge in [0.05, 0.1) is 19.4 Å². The smallest absolute Gasteiger partial charge is 0.161 e. The van der Waals surface area contributed by atoms with E-state index >= 15 is 0 Å². The van der Waals surface area contributed by atoms with Gasteiger partial charge in [-0.25, -0.2) is 0 Å². The number of oxime groups is 1. The van der Waals surface area contributed by atoms with Gasteiger partial charge in [0.15, 0.2) is 22.5 Å². The molecule has 0 atom stereocenters. The number of anilines is 1. The average molecular weight is 419 g/mol. The van der Waals surface area contributed by atoms with E-state index in [9.17, 15) is 0 Å². The first kappa shape index (κ1) is 21.2. The van der Waals surface area contributed by atoms with Gasteiger partial charge in [-0.15, -0.1) is 10.2 Å². The highest BCUT2D eigenvalue weighted by Crippen LogP contribution is 2.30. The molecule has 1 saturated heterocycles. The maximum atomic E-state index is 6.00. The molecule has 1 aromatic heterocycles. The molecule has 0 amide bonds. The molecule has 7 nitrogen and oxygen atoms in total. The Hall–Kier alpha value is -2.54. The molecule has 1 aliphatic heterocycles. The predicted molar refractivity (Wildman–Crippen MR) is 114 cm³/mol. The second-order valence-corrected chi connectivity index (χ2v) is 7.39. The maximum Gasteiger partial charge on any atom is 0.161 e. The molecular weight excluding hydrogens is 392 g/mol. The zero-order valence-corrected chi connectivity index (χ0v) is 17.9. The third-order valence-corrected chi connectivity index (χ3v) is 5.35. The lowest BCUT2D eigenvalue weighted by Gasteiger charge is -2.32. The number of nitrogens with zero attached hydrogens (tertiary/aromatic N) is 4. The van der Waals surface area contributed by atoms with Crippen LogP contribution in [-0.4, -0.2) is 49.8 Å². The molecule has 0 unspecified atom stereocenters. The fraction of sp³-hybridized carbons (Fsp3) is 0.476. The molecule has 2 aromatic rings. The lowest BCUT2D eigenvalue weighted by Crippen LogP contribution is -2.34. The Balaban J connectivity index is 1.48. The first-order valence-electron chi connectivity index (χ1n) is 9.74. The van der Waals surface area contributed by atoms with Gasteiger partial charge >= 0.3 is 0 Å². The SMILES string of the molecule is CO/N=C(/C)c1ccc(OCCC2CCN(c3ccc(Cl)nn3)CC2)c(OC)c1. The van der Waals surface area contributed by atoms with Crippen molar-refractivity contribution in [1.29, 1.82) is 0 Å². The van der Waals surface area contributed by atoms with Crippen LogP contribution in [0.2, 0.25) is 5.15 Å². The highest BCUT2D eigenvalue weighted by atomic mass is 35.5. The van der Waals surface area contributed by atoms with E-state index in [1.165, 1.54) is 7.11 Å². The molecule has 1 aromatic carbocycles. The molecule has 8 heteroatoms. The molecule has 0 bridgehead atoms. The van der Waals surface area contributed by atoms with Gasteiger partial charge in [0, 0.05) is 18.7 Å². The Morgan fingerprint density at radius 3 is 2.59 bits per heavy atom. The molecule has 0 N–H and O–H groups in total. The van der Waals surface area contributed by atoms with E-state index < -0.39 is 0 Å². The van der Waals surface area contributed by atoms with E-state index in [4.69, 9.17) is 25.9 Å². The summed E-state index contributed by atoms with van der Waals surface area (Å²) in [6, 6.07) is 9.50. The quantitative estimate of drug-likeness (QED) is 0.472. The monoisotopic (exact) mass is 418 g/mol. The molecule has 1 fully saturated rings. The summed E-state index contributed by atoms with van der Waals surface area (Å²) in [5.41, 5.74) is 1.73. The molecular formula is C21H27ClN4O3. The van der Waals surface area contributed by atoms with Crippen molar-refractivity contribution in [2.75, 3.05) is 38.8 Å². The molecule has 0 spiro atoms. The largest absolute Gasteiger partial charge is 0.493 e. The molecule has 2 heterocycles. The highest BCUT2D eigenvalue weighted by molar-refractivity contribution is 6.29. The number of piperidine rings is 1. The van der Waals surface area contributed by atoms with Crippen LogP contribution in [0.4, 0.5) is 5.82 Å².